The smallest absolute Gasteiger partial charge is 0.194 e. The molecular weight excluding hydrogens is 521 g/mol. The number of halogens is 2. The Balaban J connectivity index is 0.00000320. The summed E-state index contributed by atoms with van der Waals surface area (Å²) in [6.07, 6.45) is 1.61. The molecule has 10 heteroatoms. The van der Waals surface area contributed by atoms with Gasteiger partial charge in [0.1, 0.15) is 6.26 Å². The lowest BCUT2D eigenvalue weighted by atomic mass is 10.2. The monoisotopic (exact) mass is 549 g/mol. The predicted octanol–water partition coefficient (Wildman–Crippen LogP) is 3.25. The van der Waals surface area contributed by atoms with E-state index in [4.69, 9.17) is 25.6 Å². The summed E-state index contributed by atoms with van der Waals surface area (Å²) in [7, 11) is 3.42. The van der Waals surface area contributed by atoms with Crippen LogP contribution in [0.1, 0.15) is 18.2 Å². The van der Waals surface area contributed by atoms with Crippen LogP contribution in [0.5, 0.6) is 11.5 Å². The fourth-order valence-electron chi connectivity index (χ4n) is 3.34. The molecule has 1 fully saturated rings. The fraction of sp³-hybridized carbons (Fsp3) is 0.500. The van der Waals surface area contributed by atoms with Crippen molar-refractivity contribution >= 4 is 41.5 Å². The summed E-state index contributed by atoms with van der Waals surface area (Å²) in [6.45, 7) is 7.51. The zero-order valence-electron chi connectivity index (χ0n) is 17.6. The van der Waals surface area contributed by atoms with Crippen LogP contribution in [0, 0.1) is 0 Å². The maximum Gasteiger partial charge on any atom is 0.194 e. The summed E-state index contributed by atoms with van der Waals surface area (Å²) in [5, 5.41) is 7.95. The van der Waals surface area contributed by atoms with Crippen molar-refractivity contribution in [3.63, 3.8) is 0 Å². The van der Waals surface area contributed by atoms with Crippen LogP contribution in [0.4, 0.5) is 0 Å². The zero-order chi connectivity index (χ0) is 20.6. The van der Waals surface area contributed by atoms with Gasteiger partial charge in [-0.15, -0.1) is 24.0 Å². The number of hydrogen-bond acceptors (Lipinski definition) is 6. The highest BCUT2D eigenvalue weighted by atomic mass is 127. The molecule has 0 unspecified atom stereocenters. The van der Waals surface area contributed by atoms with Crippen molar-refractivity contribution in [2.45, 2.75) is 20.0 Å². The minimum atomic E-state index is 0. The standard InChI is InChI=1S/C20H28ClN5O3.HI/c1-4-28-19-17(21)11-15(12-18(19)27-3)13-23-20(22-2)26-8-6-25(7-9-26)14-16-5-10-29-24-16;/h5,10-12H,4,6-9,13-14H2,1-3H3,(H,22,23);1H. The van der Waals surface area contributed by atoms with Gasteiger partial charge in [0.2, 0.25) is 0 Å². The molecule has 0 spiro atoms. The second-order valence-electron chi connectivity index (χ2n) is 6.70. The molecular formula is C20H29ClIN5O3. The number of aromatic nitrogens is 1. The zero-order valence-corrected chi connectivity index (χ0v) is 20.6. The van der Waals surface area contributed by atoms with Gasteiger partial charge in [-0.1, -0.05) is 16.8 Å². The second-order valence-corrected chi connectivity index (χ2v) is 7.10. The summed E-state index contributed by atoms with van der Waals surface area (Å²) >= 11 is 6.37. The molecule has 3 rings (SSSR count). The summed E-state index contributed by atoms with van der Waals surface area (Å²) in [5.74, 6) is 2.08. The summed E-state index contributed by atoms with van der Waals surface area (Å²) < 4.78 is 15.9. The van der Waals surface area contributed by atoms with Crippen LogP contribution in [0.15, 0.2) is 34.0 Å². The van der Waals surface area contributed by atoms with E-state index in [1.165, 1.54) is 0 Å². The van der Waals surface area contributed by atoms with Crippen molar-refractivity contribution in [3.8, 4) is 11.5 Å². The van der Waals surface area contributed by atoms with Crippen LogP contribution in [-0.4, -0.2) is 67.9 Å². The molecule has 2 heterocycles. The number of ether oxygens (including phenoxy) is 2. The van der Waals surface area contributed by atoms with E-state index in [2.05, 4.69) is 25.3 Å². The fourth-order valence-corrected chi connectivity index (χ4v) is 3.63. The number of piperazine rings is 1. The average Bonchev–Trinajstić information content (AvgIpc) is 3.24. The van der Waals surface area contributed by atoms with Crippen LogP contribution in [0.3, 0.4) is 0 Å². The quantitative estimate of drug-likeness (QED) is 0.323. The summed E-state index contributed by atoms with van der Waals surface area (Å²) in [4.78, 5) is 9.05. The van der Waals surface area contributed by atoms with E-state index in [9.17, 15) is 0 Å². The van der Waals surface area contributed by atoms with E-state index in [0.717, 1.165) is 49.9 Å². The van der Waals surface area contributed by atoms with E-state index in [0.29, 0.717) is 29.7 Å². The number of guanidine groups is 1. The Hall–Kier alpha value is -1.72. The third-order valence-corrected chi connectivity index (χ3v) is 5.07. The number of benzene rings is 1. The largest absolute Gasteiger partial charge is 0.493 e. The second kappa shape index (κ2) is 12.2. The minimum absolute atomic E-state index is 0. The van der Waals surface area contributed by atoms with Crippen molar-refractivity contribution in [2.24, 2.45) is 4.99 Å². The normalized spacial score (nSPS) is 14.9. The number of aliphatic imine (C=N–C) groups is 1. The lowest BCUT2D eigenvalue weighted by molar-refractivity contribution is 0.169. The number of hydrogen-bond donors (Lipinski definition) is 1. The van der Waals surface area contributed by atoms with Gasteiger partial charge in [0.05, 0.1) is 24.4 Å². The molecule has 0 aliphatic carbocycles. The average molecular weight is 550 g/mol. The third kappa shape index (κ3) is 6.39. The van der Waals surface area contributed by atoms with Crippen LogP contribution < -0.4 is 14.8 Å². The highest BCUT2D eigenvalue weighted by molar-refractivity contribution is 14.0. The molecule has 1 aromatic carbocycles. The maximum atomic E-state index is 6.37. The molecule has 0 bridgehead atoms. The van der Waals surface area contributed by atoms with E-state index >= 15 is 0 Å². The van der Waals surface area contributed by atoms with Crippen LogP contribution in [-0.2, 0) is 13.1 Å². The van der Waals surface area contributed by atoms with E-state index in [1.807, 2.05) is 25.1 Å². The third-order valence-electron chi connectivity index (χ3n) is 4.79. The Labute approximate surface area is 199 Å². The Kier molecular flexibility index (Phi) is 9.99. The number of nitrogens with zero attached hydrogens (tertiary/aromatic N) is 4. The van der Waals surface area contributed by atoms with Crippen LogP contribution >= 0.6 is 35.6 Å². The van der Waals surface area contributed by atoms with Gasteiger partial charge in [-0.25, -0.2) is 0 Å². The lowest BCUT2D eigenvalue weighted by Gasteiger charge is -2.36. The van der Waals surface area contributed by atoms with Gasteiger partial charge in [0.25, 0.3) is 0 Å². The Morgan fingerprint density at radius 2 is 2.07 bits per heavy atom. The van der Waals surface area contributed by atoms with Gasteiger partial charge in [-0.05, 0) is 24.6 Å². The molecule has 0 radical (unpaired) electrons. The van der Waals surface area contributed by atoms with E-state index in [1.54, 1.807) is 20.4 Å². The first kappa shape index (κ1) is 24.5. The number of methoxy groups -OCH3 is 1. The van der Waals surface area contributed by atoms with Crippen molar-refractivity contribution in [3.05, 3.63) is 40.7 Å². The lowest BCUT2D eigenvalue weighted by Crippen LogP contribution is -2.52. The Bertz CT molecular complexity index is 811. The van der Waals surface area contributed by atoms with Crippen molar-refractivity contribution in [1.29, 1.82) is 0 Å². The maximum absolute atomic E-state index is 6.37. The van der Waals surface area contributed by atoms with E-state index < -0.39 is 0 Å². The number of nitrogens with one attached hydrogen (secondary N) is 1. The minimum Gasteiger partial charge on any atom is -0.493 e. The molecule has 1 aliphatic rings. The van der Waals surface area contributed by atoms with Gasteiger partial charge in [0.15, 0.2) is 17.5 Å². The first-order valence-electron chi connectivity index (χ1n) is 9.71. The van der Waals surface area contributed by atoms with Crippen molar-refractivity contribution in [2.75, 3.05) is 46.9 Å². The molecule has 8 nitrogen and oxygen atoms in total. The van der Waals surface area contributed by atoms with Crippen LogP contribution in [0.25, 0.3) is 0 Å². The number of rotatable bonds is 7. The summed E-state index contributed by atoms with van der Waals surface area (Å²) in [6, 6.07) is 5.74. The van der Waals surface area contributed by atoms with Gasteiger partial charge in [-0.3, -0.25) is 9.89 Å². The van der Waals surface area contributed by atoms with Gasteiger partial charge in [0, 0.05) is 52.4 Å². The first-order valence-corrected chi connectivity index (χ1v) is 10.1. The SMILES string of the molecule is CCOc1c(Cl)cc(CNC(=NC)N2CCN(Cc3ccon3)CC2)cc1OC.I. The molecule has 1 N–H and O–H groups in total. The molecule has 166 valence electrons. The predicted molar refractivity (Wildman–Crippen MR) is 128 cm³/mol. The van der Waals surface area contributed by atoms with Gasteiger partial charge >= 0.3 is 0 Å². The van der Waals surface area contributed by atoms with Crippen LogP contribution in [0.2, 0.25) is 5.02 Å². The highest BCUT2D eigenvalue weighted by Crippen LogP contribution is 2.36. The first-order chi connectivity index (χ1) is 14.1. The Morgan fingerprint density at radius 3 is 2.67 bits per heavy atom. The molecule has 0 saturated carbocycles. The van der Waals surface area contributed by atoms with Crippen molar-refractivity contribution < 1.29 is 14.0 Å². The van der Waals surface area contributed by atoms with E-state index in [-0.39, 0.29) is 24.0 Å². The summed E-state index contributed by atoms with van der Waals surface area (Å²) in [5.41, 5.74) is 1.96. The molecule has 30 heavy (non-hydrogen) atoms. The molecule has 1 aliphatic heterocycles. The molecule has 0 amide bonds. The van der Waals surface area contributed by atoms with Gasteiger partial charge < -0.3 is 24.2 Å². The topological polar surface area (TPSA) is 75.4 Å². The molecule has 2 aromatic rings. The highest BCUT2D eigenvalue weighted by Gasteiger charge is 2.20. The Morgan fingerprint density at radius 1 is 1.30 bits per heavy atom. The van der Waals surface area contributed by atoms with Gasteiger partial charge in [-0.2, -0.15) is 0 Å². The molecule has 1 aromatic heterocycles. The molecule has 0 atom stereocenters. The van der Waals surface area contributed by atoms with Crippen molar-refractivity contribution in [1.82, 2.24) is 20.3 Å². The molecule has 1 saturated heterocycles.